The van der Waals surface area contributed by atoms with Crippen LogP contribution in [0.15, 0.2) is 36.7 Å². The monoisotopic (exact) mass is 245 g/mol. The second kappa shape index (κ2) is 5.35. The van der Waals surface area contributed by atoms with Gasteiger partial charge in [0.25, 0.3) is 5.91 Å². The normalized spacial score (nSPS) is 10.1. The molecule has 0 unspecified atom stereocenters. The average Bonchev–Trinajstić information content (AvgIpc) is 2.90. The lowest BCUT2D eigenvalue weighted by Gasteiger charge is -2.16. The third-order valence-electron chi connectivity index (χ3n) is 2.61. The first kappa shape index (κ1) is 12.2. The number of aromatic amines is 1. The van der Waals surface area contributed by atoms with E-state index in [9.17, 15) is 4.79 Å². The summed E-state index contributed by atoms with van der Waals surface area (Å²) in [5.41, 5.74) is 0.600. The van der Waals surface area contributed by atoms with Gasteiger partial charge < -0.3 is 14.6 Å². The minimum absolute atomic E-state index is 0.0645. The van der Waals surface area contributed by atoms with Crippen molar-refractivity contribution in [2.24, 2.45) is 0 Å². The lowest BCUT2D eigenvalue weighted by molar-refractivity contribution is 0.0781. The second-order valence-corrected chi connectivity index (χ2v) is 3.93. The molecule has 0 aliphatic rings. The summed E-state index contributed by atoms with van der Waals surface area (Å²) in [6.07, 6.45) is 3.40. The van der Waals surface area contributed by atoms with Crippen LogP contribution >= 0.6 is 0 Å². The van der Waals surface area contributed by atoms with Gasteiger partial charge in [0.2, 0.25) is 0 Å². The predicted molar refractivity (Wildman–Crippen MR) is 67.4 cm³/mol. The summed E-state index contributed by atoms with van der Waals surface area (Å²) in [7, 11) is 3.32. The van der Waals surface area contributed by atoms with Gasteiger partial charge in [0.1, 0.15) is 11.6 Å². The first-order valence-electron chi connectivity index (χ1n) is 5.58. The quantitative estimate of drug-likeness (QED) is 0.891. The van der Waals surface area contributed by atoms with Gasteiger partial charge >= 0.3 is 0 Å². The Kier molecular flexibility index (Phi) is 3.62. The summed E-state index contributed by atoms with van der Waals surface area (Å²) in [6, 6.07) is 7.10. The van der Waals surface area contributed by atoms with Crippen molar-refractivity contribution in [3.8, 4) is 5.75 Å². The van der Waals surface area contributed by atoms with Crippen molar-refractivity contribution in [3.63, 3.8) is 0 Å². The fourth-order valence-corrected chi connectivity index (χ4v) is 1.66. The molecule has 94 valence electrons. The summed E-state index contributed by atoms with van der Waals surface area (Å²) >= 11 is 0. The fraction of sp³-hybridized carbons (Fsp3) is 0.231. The number of nitrogens with zero attached hydrogens (tertiary/aromatic N) is 2. The highest BCUT2D eigenvalue weighted by Gasteiger charge is 2.13. The van der Waals surface area contributed by atoms with Crippen LogP contribution in [0.1, 0.15) is 16.2 Å². The van der Waals surface area contributed by atoms with Crippen molar-refractivity contribution in [3.05, 3.63) is 48.0 Å². The average molecular weight is 245 g/mol. The van der Waals surface area contributed by atoms with E-state index in [2.05, 4.69) is 9.97 Å². The number of hydrogen-bond donors (Lipinski definition) is 1. The fourth-order valence-electron chi connectivity index (χ4n) is 1.66. The first-order valence-corrected chi connectivity index (χ1v) is 5.58. The number of benzene rings is 1. The number of amides is 1. The molecular formula is C13H15N3O2. The molecule has 0 spiro atoms. The number of methoxy groups -OCH3 is 1. The molecule has 1 aromatic heterocycles. The highest BCUT2D eigenvalue weighted by atomic mass is 16.5. The van der Waals surface area contributed by atoms with Crippen LogP contribution in [0.2, 0.25) is 0 Å². The molecule has 1 heterocycles. The Balaban J connectivity index is 2.10. The van der Waals surface area contributed by atoms with Crippen molar-refractivity contribution in [1.29, 1.82) is 0 Å². The van der Waals surface area contributed by atoms with Gasteiger partial charge in [-0.1, -0.05) is 6.07 Å². The predicted octanol–water partition coefficient (Wildman–Crippen LogP) is 1.69. The van der Waals surface area contributed by atoms with Gasteiger partial charge in [-0.25, -0.2) is 4.98 Å². The number of hydrogen-bond acceptors (Lipinski definition) is 3. The lowest BCUT2D eigenvalue weighted by Crippen LogP contribution is -2.26. The highest BCUT2D eigenvalue weighted by Crippen LogP contribution is 2.14. The maximum Gasteiger partial charge on any atom is 0.254 e. The van der Waals surface area contributed by atoms with E-state index in [0.717, 1.165) is 5.82 Å². The van der Waals surface area contributed by atoms with Crippen LogP contribution in [0.3, 0.4) is 0 Å². The van der Waals surface area contributed by atoms with Crippen LogP contribution in [0.5, 0.6) is 5.75 Å². The van der Waals surface area contributed by atoms with Crippen molar-refractivity contribution >= 4 is 5.91 Å². The number of carbonyl (C=O) groups is 1. The molecule has 0 atom stereocenters. The molecule has 1 amide bonds. The van der Waals surface area contributed by atoms with E-state index in [-0.39, 0.29) is 5.91 Å². The number of ether oxygens (including phenoxy) is 1. The largest absolute Gasteiger partial charge is 0.497 e. The van der Waals surface area contributed by atoms with E-state index >= 15 is 0 Å². The van der Waals surface area contributed by atoms with E-state index in [1.165, 1.54) is 0 Å². The van der Waals surface area contributed by atoms with Gasteiger partial charge in [-0.05, 0) is 18.2 Å². The molecule has 1 aromatic carbocycles. The molecule has 0 aliphatic heterocycles. The number of imidazole rings is 1. The number of H-pyrrole nitrogens is 1. The molecule has 2 rings (SSSR count). The van der Waals surface area contributed by atoms with Crippen LogP contribution < -0.4 is 4.74 Å². The van der Waals surface area contributed by atoms with Gasteiger partial charge in [-0.15, -0.1) is 0 Å². The molecule has 0 radical (unpaired) electrons. The maximum absolute atomic E-state index is 12.2. The first-order chi connectivity index (χ1) is 8.70. The summed E-state index contributed by atoms with van der Waals surface area (Å²) in [5.74, 6) is 1.37. The molecule has 5 nitrogen and oxygen atoms in total. The van der Waals surface area contributed by atoms with Crippen molar-refractivity contribution in [2.75, 3.05) is 14.2 Å². The zero-order valence-corrected chi connectivity index (χ0v) is 10.4. The molecule has 1 N–H and O–H groups in total. The minimum atomic E-state index is -0.0645. The van der Waals surface area contributed by atoms with E-state index in [0.29, 0.717) is 17.9 Å². The third-order valence-corrected chi connectivity index (χ3v) is 2.61. The van der Waals surface area contributed by atoms with Gasteiger partial charge in [-0.2, -0.15) is 0 Å². The molecule has 0 saturated heterocycles. The highest BCUT2D eigenvalue weighted by molar-refractivity contribution is 5.94. The Hall–Kier alpha value is -2.30. The molecule has 0 saturated carbocycles. The van der Waals surface area contributed by atoms with E-state index in [1.54, 1.807) is 49.7 Å². The zero-order chi connectivity index (χ0) is 13.0. The van der Waals surface area contributed by atoms with Gasteiger partial charge in [0, 0.05) is 25.0 Å². The third kappa shape index (κ3) is 2.68. The molecule has 0 fully saturated rings. The van der Waals surface area contributed by atoms with Gasteiger partial charge in [-0.3, -0.25) is 4.79 Å². The molecule has 0 bridgehead atoms. The maximum atomic E-state index is 12.2. The Bertz CT molecular complexity index is 523. The van der Waals surface area contributed by atoms with Crippen LogP contribution in [-0.4, -0.2) is 34.9 Å². The Morgan fingerprint density at radius 3 is 3.00 bits per heavy atom. The Morgan fingerprint density at radius 2 is 2.33 bits per heavy atom. The van der Waals surface area contributed by atoms with E-state index in [4.69, 9.17) is 4.74 Å². The lowest BCUT2D eigenvalue weighted by atomic mass is 10.2. The number of rotatable bonds is 4. The van der Waals surface area contributed by atoms with Crippen LogP contribution in [0.4, 0.5) is 0 Å². The van der Waals surface area contributed by atoms with Gasteiger partial charge in [0.05, 0.1) is 13.7 Å². The Morgan fingerprint density at radius 1 is 1.50 bits per heavy atom. The van der Waals surface area contributed by atoms with Gasteiger partial charge in [0.15, 0.2) is 0 Å². The molecule has 0 aliphatic carbocycles. The summed E-state index contributed by atoms with van der Waals surface area (Å²) in [6.45, 7) is 0.447. The van der Waals surface area contributed by atoms with Crippen LogP contribution in [0, 0.1) is 0 Å². The zero-order valence-electron chi connectivity index (χ0n) is 10.4. The topological polar surface area (TPSA) is 58.2 Å². The van der Waals surface area contributed by atoms with E-state index in [1.807, 2.05) is 6.07 Å². The summed E-state index contributed by atoms with van der Waals surface area (Å²) in [5, 5.41) is 0. The summed E-state index contributed by atoms with van der Waals surface area (Å²) < 4.78 is 5.10. The number of aromatic nitrogens is 2. The molecule has 2 aromatic rings. The minimum Gasteiger partial charge on any atom is -0.497 e. The standard InChI is InChI=1S/C13H15N3O2/c1-16(9-12-14-6-7-15-12)13(17)10-4-3-5-11(8-10)18-2/h3-8H,9H2,1-2H3,(H,14,15). The molecule has 18 heavy (non-hydrogen) atoms. The number of carbonyl (C=O) groups excluding carboxylic acids is 1. The van der Waals surface area contributed by atoms with E-state index < -0.39 is 0 Å². The molecular weight excluding hydrogens is 230 g/mol. The number of nitrogens with one attached hydrogen (secondary N) is 1. The molecule has 5 heteroatoms. The summed E-state index contributed by atoms with van der Waals surface area (Å²) in [4.78, 5) is 20.8. The smallest absolute Gasteiger partial charge is 0.254 e. The van der Waals surface area contributed by atoms with Crippen molar-refractivity contribution in [2.45, 2.75) is 6.54 Å². The van der Waals surface area contributed by atoms with Crippen LogP contribution in [-0.2, 0) is 6.54 Å². The van der Waals surface area contributed by atoms with Crippen molar-refractivity contribution in [1.82, 2.24) is 14.9 Å². The van der Waals surface area contributed by atoms with Crippen molar-refractivity contribution < 1.29 is 9.53 Å². The van der Waals surface area contributed by atoms with Crippen LogP contribution in [0.25, 0.3) is 0 Å². The second-order valence-electron chi connectivity index (χ2n) is 3.93. The SMILES string of the molecule is COc1cccc(C(=O)N(C)Cc2ncc[nH]2)c1. The Labute approximate surface area is 105 Å².